The van der Waals surface area contributed by atoms with Crippen LogP contribution < -0.4 is 14.8 Å². The number of methoxy groups -OCH3 is 2. The molecule has 0 aliphatic rings. The van der Waals surface area contributed by atoms with Gasteiger partial charge in [0.15, 0.2) is 11.5 Å². The van der Waals surface area contributed by atoms with Crippen LogP contribution in [0.3, 0.4) is 0 Å². The molecule has 0 unspecified atom stereocenters. The molecule has 6 heteroatoms. The third kappa shape index (κ3) is 3.92. The number of carbonyl (C=O) groups excluding carboxylic acids is 1. The van der Waals surface area contributed by atoms with E-state index in [1.54, 1.807) is 20.3 Å². The second-order valence-corrected chi connectivity index (χ2v) is 4.29. The molecule has 0 radical (unpaired) electrons. The second kappa shape index (κ2) is 7.23. The van der Waals surface area contributed by atoms with Crippen molar-refractivity contribution in [1.82, 2.24) is 15.3 Å². The fourth-order valence-electron chi connectivity index (χ4n) is 1.87. The molecule has 1 amide bonds. The van der Waals surface area contributed by atoms with Crippen molar-refractivity contribution >= 4 is 5.91 Å². The highest BCUT2D eigenvalue weighted by molar-refractivity contribution is 5.92. The smallest absolute Gasteiger partial charge is 0.270 e. The summed E-state index contributed by atoms with van der Waals surface area (Å²) in [4.78, 5) is 19.5. The lowest BCUT2D eigenvalue weighted by Crippen LogP contribution is -2.26. The zero-order valence-electron chi connectivity index (χ0n) is 12.0. The van der Waals surface area contributed by atoms with Crippen molar-refractivity contribution in [2.75, 3.05) is 20.8 Å². The summed E-state index contributed by atoms with van der Waals surface area (Å²) >= 11 is 0. The number of benzene rings is 1. The number of amides is 1. The van der Waals surface area contributed by atoms with Crippen molar-refractivity contribution in [2.24, 2.45) is 0 Å². The van der Waals surface area contributed by atoms with Crippen LogP contribution in [0.25, 0.3) is 0 Å². The summed E-state index contributed by atoms with van der Waals surface area (Å²) in [5.41, 5.74) is 1.41. The first-order valence-electron chi connectivity index (χ1n) is 6.49. The van der Waals surface area contributed by atoms with Gasteiger partial charge in [0.2, 0.25) is 0 Å². The van der Waals surface area contributed by atoms with Gasteiger partial charge in [0.05, 0.1) is 14.2 Å². The van der Waals surface area contributed by atoms with E-state index in [9.17, 15) is 4.79 Å². The first-order chi connectivity index (χ1) is 10.2. The first kappa shape index (κ1) is 14.8. The molecule has 0 fully saturated rings. The van der Waals surface area contributed by atoms with E-state index in [-0.39, 0.29) is 5.91 Å². The van der Waals surface area contributed by atoms with E-state index in [1.165, 1.54) is 12.5 Å². The van der Waals surface area contributed by atoms with Gasteiger partial charge in [-0.2, -0.15) is 0 Å². The molecule has 1 heterocycles. The lowest BCUT2D eigenvalue weighted by molar-refractivity contribution is 0.0949. The van der Waals surface area contributed by atoms with Gasteiger partial charge in [-0.1, -0.05) is 6.07 Å². The number of nitrogens with zero attached hydrogens (tertiary/aromatic N) is 2. The molecule has 21 heavy (non-hydrogen) atoms. The van der Waals surface area contributed by atoms with Crippen LogP contribution in [0.2, 0.25) is 0 Å². The van der Waals surface area contributed by atoms with Crippen molar-refractivity contribution in [3.05, 3.63) is 48.0 Å². The molecular weight excluding hydrogens is 270 g/mol. The molecule has 2 rings (SSSR count). The van der Waals surface area contributed by atoms with Crippen LogP contribution >= 0.6 is 0 Å². The van der Waals surface area contributed by atoms with Crippen molar-refractivity contribution in [3.63, 3.8) is 0 Å². The molecule has 110 valence electrons. The highest BCUT2D eigenvalue weighted by atomic mass is 16.5. The molecule has 0 saturated carbocycles. The predicted octanol–water partition coefficient (Wildman–Crippen LogP) is 1.47. The Bertz CT molecular complexity index is 602. The standard InChI is InChI=1S/C15H17N3O3/c1-20-13-4-3-11(9-14(13)21-2)5-8-17-15(19)12-6-7-16-10-18-12/h3-4,6-7,9-10H,5,8H2,1-2H3,(H,17,19). The summed E-state index contributed by atoms with van der Waals surface area (Å²) in [6.07, 6.45) is 3.58. The van der Waals surface area contributed by atoms with E-state index in [1.807, 2.05) is 18.2 Å². The van der Waals surface area contributed by atoms with Crippen LogP contribution in [0, 0.1) is 0 Å². The molecule has 0 spiro atoms. The topological polar surface area (TPSA) is 73.3 Å². The molecular formula is C15H17N3O3. The quantitative estimate of drug-likeness (QED) is 0.871. The molecule has 2 aromatic rings. The zero-order valence-corrected chi connectivity index (χ0v) is 12.0. The summed E-state index contributed by atoms with van der Waals surface area (Å²) in [7, 11) is 3.19. The Balaban J connectivity index is 1.90. The number of hydrogen-bond donors (Lipinski definition) is 1. The molecule has 0 bridgehead atoms. The lowest BCUT2D eigenvalue weighted by atomic mass is 10.1. The molecule has 1 aromatic carbocycles. The molecule has 0 saturated heterocycles. The van der Waals surface area contributed by atoms with Gasteiger partial charge in [-0.05, 0) is 30.2 Å². The SMILES string of the molecule is COc1ccc(CCNC(=O)c2ccncn2)cc1OC. The maximum absolute atomic E-state index is 11.8. The molecule has 0 aliphatic heterocycles. The number of aromatic nitrogens is 2. The normalized spacial score (nSPS) is 10.0. The lowest BCUT2D eigenvalue weighted by Gasteiger charge is -2.10. The maximum atomic E-state index is 11.8. The van der Waals surface area contributed by atoms with E-state index in [4.69, 9.17) is 9.47 Å². The minimum absolute atomic E-state index is 0.210. The minimum atomic E-state index is -0.210. The van der Waals surface area contributed by atoms with Crippen molar-refractivity contribution < 1.29 is 14.3 Å². The average molecular weight is 287 g/mol. The number of ether oxygens (including phenoxy) is 2. The van der Waals surface area contributed by atoms with E-state index in [0.717, 1.165) is 5.56 Å². The third-order valence-electron chi connectivity index (χ3n) is 2.96. The predicted molar refractivity (Wildman–Crippen MR) is 77.6 cm³/mol. The van der Waals surface area contributed by atoms with Crippen molar-refractivity contribution in [1.29, 1.82) is 0 Å². The van der Waals surface area contributed by atoms with Crippen LogP contribution in [-0.4, -0.2) is 36.6 Å². The van der Waals surface area contributed by atoms with Crippen LogP contribution in [0.15, 0.2) is 36.8 Å². The average Bonchev–Trinajstić information content (AvgIpc) is 2.55. The number of carbonyl (C=O) groups is 1. The Morgan fingerprint density at radius 2 is 2.00 bits per heavy atom. The summed E-state index contributed by atoms with van der Waals surface area (Å²) < 4.78 is 10.4. The highest BCUT2D eigenvalue weighted by Crippen LogP contribution is 2.27. The van der Waals surface area contributed by atoms with Gasteiger partial charge in [-0.15, -0.1) is 0 Å². The van der Waals surface area contributed by atoms with E-state index in [2.05, 4.69) is 15.3 Å². The van der Waals surface area contributed by atoms with Gasteiger partial charge in [-0.3, -0.25) is 4.79 Å². The monoisotopic (exact) mass is 287 g/mol. The first-order valence-corrected chi connectivity index (χ1v) is 6.49. The Kier molecular flexibility index (Phi) is 5.09. The molecule has 6 nitrogen and oxygen atoms in total. The van der Waals surface area contributed by atoms with Crippen LogP contribution in [-0.2, 0) is 6.42 Å². The second-order valence-electron chi connectivity index (χ2n) is 4.29. The summed E-state index contributed by atoms with van der Waals surface area (Å²) in [5.74, 6) is 1.15. The molecule has 0 atom stereocenters. The van der Waals surface area contributed by atoms with Gasteiger partial charge in [-0.25, -0.2) is 9.97 Å². The number of rotatable bonds is 6. The fraction of sp³-hybridized carbons (Fsp3) is 0.267. The van der Waals surface area contributed by atoms with Gasteiger partial charge >= 0.3 is 0 Å². The Hall–Kier alpha value is -2.63. The van der Waals surface area contributed by atoms with Gasteiger partial charge in [0.1, 0.15) is 12.0 Å². The number of nitrogens with one attached hydrogen (secondary N) is 1. The zero-order chi connectivity index (χ0) is 15.1. The van der Waals surface area contributed by atoms with Gasteiger partial charge < -0.3 is 14.8 Å². The van der Waals surface area contributed by atoms with E-state index < -0.39 is 0 Å². The van der Waals surface area contributed by atoms with Crippen molar-refractivity contribution in [2.45, 2.75) is 6.42 Å². The summed E-state index contributed by atoms with van der Waals surface area (Å²) in [6.45, 7) is 0.512. The van der Waals surface area contributed by atoms with Crippen LogP contribution in [0.5, 0.6) is 11.5 Å². The highest BCUT2D eigenvalue weighted by Gasteiger charge is 2.07. The molecule has 1 aromatic heterocycles. The Morgan fingerprint density at radius 1 is 1.19 bits per heavy atom. The fourth-order valence-corrected chi connectivity index (χ4v) is 1.87. The molecule has 0 aliphatic carbocycles. The van der Waals surface area contributed by atoms with Crippen molar-refractivity contribution in [3.8, 4) is 11.5 Å². The maximum Gasteiger partial charge on any atom is 0.270 e. The largest absolute Gasteiger partial charge is 0.493 e. The van der Waals surface area contributed by atoms with Crippen LogP contribution in [0.4, 0.5) is 0 Å². The summed E-state index contributed by atoms with van der Waals surface area (Å²) in [5, 5.41) is 2.81. The summed E-state index contributed by atoms with van der Waals surface area (Å²) in [6, 6.07) is 7.26. The number of hydrogen-bond acceptors (Lipinski definition) is 5. The van der Waals surface area contributed by atoms with E-state index in [0.29, 0.717) is 30.2 Å². The van der Waals surface area contributed by atoms with Gasteiger partial charge in [0.25, 0.3) is 5.91 Å². The van der Waals surface area contributed by atoms with Crippen LogP contribution in [0.1, 0.15) is 16.1 Å². The third-order valence-corrected chi connectivity index (χ3v) is 2.96. The van der Waals surface area contributed by atoms with Gasteiger partial charge in [0, 0.05) is 12.7 Å². The Morgan fingerprint density at radius 3 is 2.67 bits per heavy atom. The Labute approximate surface area is 123 Å². The molecule has 1 N–H and O–H groups in total. The minimum Gasteiger partial charge on any atom is -0.493 e. The van der Waals surface area contributed by atoms with E-state index >= 15 is 0 Å².